The fourth-order valence-corrected chi connectivity index (χ4v) is 9.84. The van der Waals surface area contributed by atoms with Crippen LogP contribution in [0.4, 0.5) is 4.70 Å². The van der Waals surface area contributed by atoms with Crippen molar-refractivity contribution in [3.05, 3.63) is 217 Å². The minimum absolute atomic E-state index is 0. The Hall–Kier alpha value is -7.55. The van der Waals surface area contributed by atoms with Crippen LogP contribution in [0.1, 0.15) is 25.0 Å². The number of aromatic nitrogens is 3. The van der Waals surface area contributed by atoms with Crippen LogP contribution in [0.3, 0.4) is 0 Å². The summed E-state index contributed by atoms with van der Waals surface area (Å²) in [5.41, 5.74) is 11.7. The highest BCUT2D eigenvalue weighted by Gasteiger charge is 2.37. The second kappa shape index (κ2) is 17.1. The van der Waals surface area contributed by atoms with Gasteiger partial charge in [0.15, 0.2) is 11.6 Å². The van der Waals surface area contributed by atoms with Crippen LogP contribution in [0.15, 0.2) is 200 Å². The van der Waals surface area contributed by atoms with Crippen LogP contribution in [-0.2, 0) is 5.41 Å². The van der Waals surface area contributed by atoms with E-state index in [1.54, 1.807) is 0 Å². The molecule has 0 bridgehead atoms. The van der Waals surface area contributed by atoms with Crippen molar-refractivity contribution in [3.63, 3.8) is 0 Å². The normalized spacial score (nSPS) is 12.3. The maximum atomic E-state index is 9.89. The first-order valence-electron chi connectivity index (χ1n) is 21.8. The molecule has 0 radical (unpaired) electrons. The Balaban J connectivity index is 0.000000161. The molecule has 0 spiro atoms. The van der Waals surface area contributed by atoms with E-state index in [0.29, 0.717) is 17.1 Å². The Morgan fingerprint density at radius 2 is 0.864 bits per heavy atom. The molecule has 0 amide bonds. The third-order valence-corrected chi connectivity index (χ3v) is 13.1. The molecule has 0 fully saturated rings. The molecule has 0 atom stereocenters. The molecule has 0 saturated carbocycles. The van der Waals surface area contributed by atoms with Crippen LogP contribution in [0, 0.1) is 0 Å². The molecule has 2 N–H and O–H groups in total. The number of fused-ring (bicyclic) bond motifs is 7. The van der Waals surface area contributed by atoms with Gasteiger partial charge in [-0.15, -0.1) is 0 Å². The molecule has 318 valence electrons. The maximum Gasteiger partial charge on any atom is 0.488 e. The second-order valence-electron chi connectivity index (χ2n) is 17.2. The predicted octanol–water partition coefficient (Wildman–Crippen LogP) is 13.6. The van der Waals surface area contributed by atoms with Gasteiger partial charge in [-0.2, -0.15) is 9.97 Å². The summed E-state index contributed by atoms with van der Waals surface area (Å²) in [5, 5.41) is 29.5. The zero-order valence-electron chi connectivity index (χ0n) is 36.2. The molecule has 0 aliphatic heterocycles. The number of rotatable bonds is 5. The lowest BCUT2D eigenvalue weighted by Gasteiger charge is -2.24. The summed E-state index contributed by atoms with van der Waals surface area (Å²) in [6.45, 7) is 4.47. The van der Waals surface area contributed by atoms with Gasteiger partial charge in [-0.05, 0) is 129 Å². The zero-order valence-corrected chi connectivity index (χ0v) is 36.9. The topological polar surface area (TPSA) is 79.1 Å². The molecule has 0 saturated heterocycles. The van der Waals surface area contributed by atoms with E-state index < -0.39 is 7.12 Å². The molecule has 1 aromatic heterocycles. The summed E-state index contributed by atoms with van der Waals surface area (Å²) in [5.74, 6) is 1.15. The number of halogens is 2. The lowest BCUT2D eigenvalue weighted by atomic mass is 9.75. The number of hydrogen-bond acceptors (Lipinski definition) is 5. The quantitative estimate of drug-likeness (QED) is 0.133. The molecule has 1 aliphatic carbocycles. The molecule has 11 aromatic rings. The van der Waals surface area contributed by atoms with Gasteiger partial charge < -0.3 is 10.0 Å². The smallest absolute Gasteiger partial charge is 0.423 e. The van der Waals surface area contributed by atoms with Crippen molar-refractivity contribution in [2.24, 2.45) is 0 Å². The zero-order chi connectivity index (χ0) is 44.2. The summed E-state index contributed by atoms with van der Waals surface area (Å²) in [6.07, 6.45) is 0. The molecule has 1 aliphatic rings. The van der Waals surface area contributed by atoms with Crippen molar-refractivity contribution in [3.8, 4) is 56.2 Å². The van der Waals surface area contributed by atoms with Gasteiger partial charge in [0.2, 0.25) is 5.28 Å². The minimum atomic E-state index is -1.49. The fourth-order valence-electron chi connectivity index (χ4n) is 9.68. The van der Waals surface area contributed by atoms with Crippen LogP contribution >= 0.6 is 11.6 Å². The van der Waals surface area contributed by atoms with Gasteiger partial charge in [-0.25, -0.2) is 4.98 Å². The van der Waals surface area contributed by atoms with Crippen LogP contribution in [-0.4, -0.2) is 32.1 Å². The Kier molecular flexibility index (Phi) is 11.0. The van der Waals surface area contributed by atoms with Crippen molar-refractivity contribution in [1.29, 1.82) is 0 Å². The number of nitrogens with zero attached hydrogens (tertiary/aromatic N) is 3. The van der Waals surface area contributed by atoms with Crippen molar-refractivity contribution in [2.45, 2.75) is 19.3 Å². The van der Waals surface area contributed by atoms with Crippen LogP contribution in [0.2, 0.25) is 5.28 Å². The highest BCUT2D eigenvalue weighted by molar-refractivity contribution is 6.58. The molecule has 12 rings (SSSR count). The lowest BCUT2D eigenvalue weighted by molar-refractivity contribution is 0.425. The van der Waals surface area contributed by atoms with E-state index in [0.717, 1.165) is 33.0 Å². The molecule has 66 heavy (non-hydrogen) atoms. The van der Waals surface area contributed by atoms with Crippen LogP contribution in [0.5, 0.6) is 0 Å². The fraction of sp³-hybridized carbons (Fsp3) is 0.0517. The van der Waals surface area contributed by atoms with E-state index >= 15 is 0 Å². The van der Waals surface area contributed by atoms with E-state index in [1.807, 2.05) is 54.6 Å². The van der Waals surface area contributed by atoms with E-state index in [1.165, 1.54) is 65.7 Å². The molecular weight excluding hydrogens is 836 g/mol. The van der Waals surface area contributed by atoms with Gasteiger partial charge in [0.05, 0.1) is 0 Å². The summed E-state index contributed by atoms with van der Waals surface area (Å²) in [7, 11) is -1.49. The van der Waals surface area contributed by atoms with Gasteiger partial charge in [0.25, 0.3) is 0 Å². The standard InChI is InChI=1S/C35H27BO2.C23H14ClN3.FH/c1-35(2)31-19-24(36(37)38)17-18-25(31)28-20-29-30(21-32(28)35)34(23-13-7-4-8-14-23)27-16-10-9-15-26(27)33(29)22-11-5-3-6-12-22;24-23-26-21(19-11-9-15-5-1-3-7-17(15)13-19)25-22(27-23)20-12-10-16-6-2-4-8-18(16)14-20;/h3-21,37-38H,1-2H3;1-14H;1H. The summed E-state index contributed by atoms with van der Waals surface area (Å²) in [6, 6.07) is 69.4. The van der Waals surface area contributed by atoms with Crippen LogP contribution in [0.25, 0.3) is 99.2 Å². The third-order valence-electron chi connectivity index (χ3n) is 12.9. The van der Waals surface area contributed by atoms with E-state index in [4.69, 9.17) is 11.6 Å². The van der Waals surface area contributed by atoms with Crippen molar-refractivity contribution in [1.82, 2.24) is 15.0 Å². The first kappa shape index (κ1) is 42.4. The summed E-state index contributed by atoms with van der Waals surface area (Å²) in [4.78, 5) is 13.4. The Bertz CT molecular complexity index is 3540. The highest BCUT2D eigenvalue weighted by atomic mass is 35.5. The summed E-state index contributed by atoms with van der Waals surface area (Å²) >= 11 is 6.22. The SMILES string of the molecule is CC1(C)c2cc(B(O)O)ccc2-c2cc3c(-c4ccccc4)c4ccccc4c(-c4ccccc4)c3cc21.Clc1nc(-c2ccc3ccccc3c2)nc(-c2ccc3ccccc3c2)n1.F. The molecule has 5 nitrogen and oxygen atoms in total. The second-order valence-corrected chi connectivity index (χ2v) is 17.5. The van der Waals surface area contributed by atoms with E-state index in [-0.39, 0.29) is 15.4 Å². The van der Waals surface area contributed by atoms with Crippen molar-refractivity contribution in [2.75, 3.05) is 0 Å². The minimum Gasteiger partial charge on any atom is -0.423 e. The Labute approximate surface area is 387 Å². The monoisotopic (exact) mass is 877 g/mol. The Morgan fingerprint density at radius 1 is 0.409 bits per heavy atom. The van der Waals surface area contributed by atoms with Gasteiger partial charge in [0.1, 0.15) is 0 Å². The van der Waals surface area contributed by atoms with E-state index in [9.17, 15) is 10.0 Å². The third kappa shape index (κ3) is 7.47. The van der Waals surface area contributed by atoms with Gasteiger partial charge in [-0.3, -0.25) is 4.70 Å². The van der Waals surface area contributed by atoms with Crippen molar-refractivity contribution >= 4 is 67.3 Å². The van der Waals surface area contributed by atoms with E-state index in [2.05, 4.69) is 174 Å². The Morgan fingerprint density at radius 3 is 1.38 bits per heavy atom. The van der Waals surface area contributed by atoms with Gasteiger partial charge >= 0.3 is 7.12 Å². The van der Waals surface area contributed by atoms with Crippen LogP contribution < -0.4 is 5.46 Å². The average molecular weight is 878 g/mol. The maximum absolute atomic E-state index is 9.89. The predicted molar refractivity (Wildman–Crippen MR) is 273 cm³/mol. The largest absolute Gasteiger partial charge is 0.488 e. The highest BCUT2D eigenvalue weighted by Crippen LogP contribution is 2.53. The van der Waals surface area contributed by atoms with Crippen molar-refractivity contribution < 1.29 is 14.8 Å². The molecule has 0 unspecified atom stereocenters. The molecular formula is C58H42BClFN3O2. The summed E-state index contributed by atoms with van der Waals surface area (Å²) < 4.78 is 0. The first-order valence-corrected chi connectivity index (χ1v) is 22.1. The molecule has 1 heterocycles. The van der Waals surface area contributed by atoms with Gasteiger partial charge in [0, 0.05) is 16.5 Å². The first-order chi connectivity index (χ1) is 31.7. The number of hydrogen-bond donors (Lipinski definition) is 2. The molecule has 8 heteroatoms. The van der Waals surface area contributed by atoms with Gasteiger partial charge in [-0.1, -0.05) is 190 Å². The lowest BCUT2D eigenvalue weighted by Crippen LogP contribution is -2.31. The average Bonchev–Trinajstić information content (AvgIpc) is 3.56. The molecule has 10 aromatic carbocycles. The number of benzene rings is 10.